The number of likely N-dealkylation sites (N-methyl/N-ethyl adjacent to an activating group) is 1. The molecular formula is C21H16Cl2FN3O4. The van der Waals surface area contributed by atoms with Crippen LogP contribution in [-0.4, -0.2) is 47.0 Å². The van der Waals surface area contributed by atoms with E-state index < -0.39 is 35.7 Å². The van der Waals surface area contributed by atoms with E-state index in [0.29, 0.717) is 12.0 Å². The Morgan fingerprint density at radius 2 is 1.65 bits per heavy atom. The lowest BCUT2D eigenvalue weighted by Gasteiger charge is -2.29. The van der Waals surface area contributed by atoms with Crippen LogP contribution in [0.25, 0.3) is 0 Å². The van der Waals surface area contributed by atoms with E-state index in [1.165, 1.54) is 30.3 Å². The van der Waals surface area contributed by atoms with E-state index in [9.17, 15) is 23.6 Å². The molecule has 160 valence electrons. The van der Waals surface area contributed by atoms with Crippen molar-refractivity contribution in [2.75, 3.05) is 18.0 Å². The Morgan fingerprint density at radius 3 is 2.32 bits per heavy atom. The zero-order chi connectivity index (χ0) is 22.5. The summed E-state index contributed by atoms with van der Waals surface area (Å²) in [5, 5.41) is 0.498. The van der Waals surface area contributed by atoms with Crippen molar-refractivity contribution in [3.63, 3.8) is 0 Å². The van der Waals surface area contributed by atoms with E-state index >= 15 is 0 Å². The molecule has 4 rings (SSSR count). The minimum atomic E-state index is -2.01. The number of hydrogen-bond acceptors (Lipinski definition) is 4. The molecule has 2 aromatic carbocycles. The summed E-state index contributed by atoms with van der Waals surface area (Å²) in [5.41, 5.74) is -1.45. The van der Waals surface area contributed by atoms with Crippen molar-refractivity contribution in [1.82, 2.24) is 9.80 Å². The number of amides is 4. The van der Waals surface area contributed by atoms with Crippen LogP contribution in [0.2, 0.25) is 10.0 Å². The third kappa shape index (κ3) is 2.93. The number of nitrogens with zero attached hydrogens (tertiary/aromatic N) is 3. The highest BCUT2D eigenvalue weighted by molar-refractivity contribution is 6.32. The summed E-state index contributed by atoms with van der Waals surface area (Å²) in [4.78, 5) is 54.7. The fraction of sp³-hybridized carbons (Fsp3) is 0.238. The van der Waals surface area contributed by atoms with Gasteiger partial charge in [-0.2, -0.15) is 0 Å². The van der Waals surface area contributed by atoms with Crippen molar-refractivity contribution in [2.24, 2.45) is 0 Å². The molecule has 0 radical (unpaired) electrons. The van der Waals surface area contributed by atoms with E-state index in [4.69, 9.17) is 23.2 Å². The molecule has 0 bridgehead atoms. The van der Waals surface area contributed by atoms with Crippen LogP contribution in [0, 0.1) is 5.82 Å². The molecule has 10 heteroatoms. The maximum absolute atomic E-state index is 14.3. The Morgan fingerprint density at radius 1 is 1.00 bits per heavy atom. The fourth-order valence-electron chi connectivity index (χ4n) is 4.21. The van der Waals surface area contributed by atoms with Gasteiger partial charge in [0.1, 0.15) is 12.1 Å². The second kappa shape index (κ2) is 7.62. The number of rotatable bonds is 5. The first kappa shape index (κ1) is 21.3. The number of carbonyl (C=O) groups excluding carboxylic acids is 4. The van der Waals surface area contributed by atoms with Crippen molar-refractivity contribution >= 4 is 53.0 Å². The third-order valence-corrected chi connectivity index (χ3v) is 5.99. The maximum Gasteiger partial charge on any atom is 0.328 e. The summed E-state index contributed by atoms with van der Waals surface area (Å²) in [5.74, 6) is -2.20. The van der Waals surface area contributed by atoms with Crippen LogP contribution in [-0.2, 0) is 26.5 Å². The van der Waals surface area contributed by atoms with Crippen molar-refractivity contribution < 1.29 is 23.6 Å². The smallest absolute Gasteiger partial charge is 0.302 e. The average molecular weight is 464 g/mol. The molecule has 2 heterocycles. The van der Waals surface area contributed by atoms with Gasteiger partial charge in [0.2, 0.25) is 5.54 Å². The zero-order valence-corrected chi connectivity index (χ0v) is 17.8. The number of anilines is 1. The van der Waals surface area contributed by atoms with E-state index in [2.05, 4.69) is 0 Å². The third-order valence-electron chi connectivity index (χ3n) is 5.52. The molecule has 1 spiro atoms. The van der Waals surface area contributed by atoms with Crippen molar-refractivity contribution in [3.05, 3.63) is 63.4 Å². The predicted molar refractivity (Wildman–Crippen MR) is 111 cm³/mol. The highest BCUT2D eigenvalue weighted by Crippen LogP contribution is 2.49. The molecule has 0 aliphatic carbocycles. The second-order valence-corrected chi connectivity index (χ2v) is 7.98. The van der Waals surface area contributed by atoms with Crippen LogP contribution in [0.4, 0.5) is 14.9 Å². The summed E-state index contributed by atoms with van der Waals surface area (Å²) >= 11 is 12.1. The van der Waals surface area contributed by atoms with Gasteiger partial charge in [-0.05, 0) is 43.3 Å². The van der Waals surface area contributed by atoms with Gasteiger partial charge in [0.15, 0.2) is 0 Å². The lowest BCUT2D eigenvalue weighted by molar-refractivity contribution is -0.142. The Bertz CT molecular complexity index is 1140. The number of carbonyl (C=O) groups is 4. The van der Waals surface area contributed by atoms with Crippen LogP contribution in [0.1, 0.15) is 18.1 Å². The zero-order valence-electron chi connectivity index (χ0n) is 16.3. The number of fused-ring (bicyclic) bond motifs is 2. The topological polar surface area (TPSA) is 78.0 Å². The lowest BCUT2D eigenvalue weighted by Crippen LogP contribution is -2.54. The normalized spacial score (nSPS) is 20.3. The molecule has 1 fully saturated rings. The minimum Gasteiger partial charge on any atom is -0.302 e. The molecule has 1 atom stereocenters. The molecule has 1 saturated heterocycles. The summed E-state index contributed by atoms with van der Waals surface area (Å²) in [6.07, 6.45) is 0.534. The van der Waals surface area contributed by atoms with Crippen LogP contribution in [0.3, 0.4) is 0 Å². The van der Waals surface area contributed by atoms with Crippen LogP contribution < -0.4 is 4.90 Å². The maximum atomic E-state index is 14.3. The van der Waals surface area contributed by atoms with Gasteiger partial charge in [0, 0.05) is 27.7 Å². The summed E-state index contributed by atoms with van der Waals surface area (Å²) in [6.45, 7) is 0.943. The summed E-state index contributed by atoms with van der Waals surface area (Å²) in [7, 11) is 0. The molecule has 31 heavy (non-hydrogen) atoms. The van der Waals surface area contributed by atoms with Gasteiger partial charge in [0.25, 0.3) is 11.8 Å². The first-order chi connectivity index (χ1) is 14.8. The van der Waals surface area contributed by atoms with E-state index in [0.717, 1.165) is 20.8 Å². The van der Waals surface area contributed by atoms with Gasteiger partial charge in [-0.25, -0.2) is 9.18 Å². The lowest BCUT2D eigenvalue weighted by atomic mass is 9.89. The van der Waals surface area contributed by atoms with E-state index in [1.807, 2.05) is 0 Å². The predicted octanol–water partition coefficient (Wildman–Crippen LogP) is 3.36. The van der Waals surface area contributed by atoms with Gasteiger partial charge in [-0.15, -0.1) is 0 Å². The monoisotopic (exact) mass is 463 g/mol. The Kier molecular flexibility index (Phi) is 5.23. The van der Waals surface area contributed by atoms with Gasteiger partial charge in [-0.3, -0.25) is 19.4 Å². The number of halogens is 3. The minimum absolute atomic E-state index is 0.0196. The SMILES string of the molecule is CCN1C(=O)N(Cc2cc(Cl)ccc2F)C(=O)[C@@]12C(=O)N(CC=O)c1ccc(Cl)cc12. The largest absolute Gasteiger partial charge is 0.328 e. The molecule has 0 saturated carbocycles. The Balaban J connectivity index is 1.88. The number of urea groups is 1. The van der Waals surface area contributed by atoms with Gasteiger partial charge >= 0.3 is 6.03 Å². The van der Waals surface area contributed by atoms with Crippen molar-refractivity contribution in [3.8, 4) is 0 Å². The van der Waals surface area contributed by atoms with Gasteiger partial charge in [0.05, 0.1) is 18.8 Å². The Hall–Kier alpha value is -2.97. The van der Waals surface area contributed by atoms with Crippen LogP contribution >= 0.6 is 23.2 Å². The number of benzene rings is 2. The first-order valence-corrected chi connectivity index (χ1v) is 10.2. The molecule has 7 nitrogen and oxygen atoms in total. The molecule has 2 aliphatic heterocycles. The molecule has 0 aromatic heterocycles. The molecule has 4 amide bonds. The number of aldehydes is 1. The Labute approximate surface area is 186 Å². The highest BCUT2D eigenvalue weighted by atomic mass is 35.5. The standard InChI is InChI=1S/C21H16Cl2FN3O4/c1-2-27-20(31)26(11-12-9-13(22)3-5-16(12)24)19(30)21(27)15-10-14(23)4-6-17(15)25(7-8-28)18(21)29/h3-6,8-10H,2,7,11H2,1H3/t21-/m1/s1. The second-order valence-electron chi connectivity index (χ2n) is 7.11. The summed E-state index contributed by atoms with van der Waals surface area (Å²) in [6, 6.07) is 7.55. The highest BCUT2D eigenvalue weighted by Gasteiger charge is 2.68. The molecular weight excluding hydrogens is 448 g/mol. The van der Waals surface area contributed by atoms with E-state index in [1.54, 1.807) is 6.92 Å². The first-order valence-electron chi connectivity index (χ1n) is 9.40. The molecule has 2 aliphatic rings. The van der Waals surface area contributed by atoms with Crippen LogP contribution in [0.5, 0.6) is 0 Å². The van der Waals surface area contributed by atoms with E-state index in [-0.39, 0.29) is 34.3 Å². The molecule has 2 aromatic rings. The number of imide groups is 1. The van der Waals surface area contributed by atoms with Gasteiger partial charge in [-0.1, -0.05) is 23.2 Å². The fourth-order valence-corrected chi connectivity index (χ4v) is 4.58. The summed E-state index contributed by atoms with van der Waals surface area (Å²) < 4.78 is 14.3. The van der Waals surface area contributed by atoms with Crippen molar-refractivity contribution in [1.29, 1.82) is 0 Å². The van der Waals surface area contributed by atoms with Crippen molar-refractivity contribution in [2.45, 2.75) is 19.0 Å². The number of hydrogen-bond donors (Lipinski definition) is 0. The average Bonchev–Trinajstić information content (AvgIpc) is 3.09. The van der Waals surface area contributed by atoms with Crippen LogP contribution in [0.15, 0.2) is 36.4 Å². The molecule has 0 N–H and O–H groups in total. The quantitative estimate of drug-likeness (QED) is 0.386. The van der Waals surface area contributed by atoms with Gasteiger partial charge < -0.3 is 9.69 Å². The molecule has 0 unspecified atom stereocenters.